The number of fused-ring (bicyclic) bond motifs is 1. The van der Waals surface area contributed by atoms with E-state index in [1.165, 1.54) is 11.3 Å². The van der Waals surface area contributed by atoms with Crippen LogP contribution >= 0.6 is 11.3 Å². The lowest BCUT2D eigenvalue weighted by Gasteiger charge is -2.18. The molecule has 116 valence electrons. The second kappa shape index (κ2) is 5.84. The zero-order chi connectivity index (χ0) is 15.7. The van der Waals surface area contributed by atoms with E-state index in [0.29, 0.717) is 35.3 Å². The van der Waals surface area contributed by atoms with Crippen molar-refractivity contribution < 1.29 is 14.3 Å². The molecule has 2 heterocycles. The first-order chi connectivity index (χ1) is 10.5. The van der Waals surface area contributed by atoms with Gasteiger partial charge in [0.25, 0.3) is 5.91 Å². The minimum absolute atomic E-state index is 0.167. The number of carbonyl (C=O) groups is 1. The number of benzene rings is 1. The highest BCUT2D eigenvalue weighted by molar-refractivity contribution is 7.17. The maximum atomic E-state index is 12.4. The van der Waals surface area contributed by atoms with Gasteiger partial charge in [0, 0.05) is 25.8 Å². The summed E-state index contributed by atoms with van der Waals surface area (Å²) in [7, 11) is 3.81. The van der Waals surface area contributed by atoms with Crippen LogP contribution in [0.15, 0.2) is 18.2 Å². The fraction of sp³-hybridized carbons (Fsp3) is 0.333. The molecule has 1 aliphatic rings. The SMILES string of the molecule is Cc1nc(N(C)C)sc1C(=O)Nc1ccc2c(c1)OCCO2. The number of ether oxygens (including phenoxy) is 2. The number of carbonyl (C=O) groups excluding carboxylic acids is 1. The molecule has 22 heavy (non-hydrogen) atoms. The van der Waals surface area contributed by atoms with Gasteiger partial charge in [-0.2, -0.15) is 0 Å². The van der Waals surface area contributed by atoms with Gasteiger partial charge in [-0.3, -0.25) is 4.79 Å². The number of nitrogens with one attached hydrogen (secondary N) is 1. The second-order valence-electron chi connectivity index (χ2n) is 5.12. The summed E-state index contributed by atoms with van der Waals surface area (Å²) in [5.41, 5.74) is 1.40. The van der Waals surface area contributed by atoms with Crippen molar-refractivity contribution in [2.45, 2.75) is 6.92 Å². The molecule has 0 spiro atoms. The number of hydrogen-bond acceptors (Lipinski definition) is 6. The Morgan fingerprint density at radius 3 is 2.68 bits per heavy atom. The molecular formula is C15H17N3O3S. The molecule has 0 unspecified atom stereocenters. The van der Waals surface area contributed by atoms with E-state index in [-0.39, 0.29) is 5.91 Å². The summed E-state index contributed by atoms with van der Waals surface area (Å²) in [5, 5.41) is 3.69. The Kier molecular flexibility index (Phi) is 3.89. The first-order valence-electron chi connectivity index (χ1n) is 6.90. The van der Waals surface area contributed by atoms with E-state index in [4.69, 9.17) is 9.47 Å². The van der Waals surface area contributed by atoms with Gasteiger partial charge in [-0.05, 0) is 19.1 Å². The van der Waals surface area contributed by atoms with E-state index < -0.39 is 0 Å². The summed E-state index contributed by atoms with van der Waals surface area (Å²) in [5.74, 6) is 1.19. The van der Waals surface area contributed by atoms with Gasteiger partial charge in [-0.25, -0.2) is 4.98 Å². The summed E-state index contributed by atoms with van der Waals surface area (Å²) in [6, 6.07) is 5.37. The van der Waals surface area contributed by atoms with Crippen LogP contribution in [0.2, 0.25) is 0 Å². The van der Waals surface area contributed by atoms with Crippen molar-refractivity contribution in [1.82, 2.24) is 4.98 Å². The van der Waals surface area contributed by atoms with Crippen LogP contribution in [0.4, 0.5) is 10.8 Å². The summed E-state index contributed by atoms with van der Waals surface area (Å²) in [4.78, 5) is 19.3. The van der Waals surface area contributed by atoms with Crippen molar-refractivity contribution in [2.75, 3.05) is 37.5 Å². The summed E-state index contributed by atoms with van der Waals surface area (Å²) < 4.78 is 11.0. The van der Waals surface area contributed by atoms with Gasteiger partial charge in [0.2, 0.25) is 0 Å². The van der Waals surface area contributed by atoms with Crippen LogP contribution in [0.5, 0.6) is 11.5 Å². The smallest absolute Gasteiger partial charge is 0.267 e. The maximum Gasteiger partial charge on any atom is 0.267 e. The van der Waals surface area contributed by atoms with Crippen LogP contribution in [0.3, 0.4) is 0 Å². The molecule has 0 atom stereocenters. The van der Waals surface area contributed by atoms with Crippen molar-refractivity contribution in [2.24, 2.45) is 0 Å². The van der Waals surface area contributed by atoms with Crippen LogP contribution in [-0.2, 0) is 0 Å². The van der Waals surface area contributed by atoms with Crippen LogP contribution < -0.4 is 19.7 Å². The van der Waals surface area contributed by atoms with Crippen molar-refractivity contribution in [3.8, 4) is 11.5 Å². The topological polar surface area (TPSA) is 63.7 Å². The number of amides is 1. The van der Waals surface area contributed by atoms with Crippen LogP contribution in [0, 0.1) is 6.92 Å². The molecule has 3 rings (SSSR count). The van der Waals surface area contributed by atoms with E-state index in [0.717, 1.165) is 10.8 Å². The molecule has 0 radical (unpaired) electrons. The third kappa shape index (κ3) is 2.85. The summed E-state index contributed by atoms with van der Waals surface area (Å²) in [6.45, 7) is 2.90. The number of hydrogen-bond donors (Lipinski definition) is 1. The van der Waals surface area contributed by atoms with E-state index in [9.17, 15) is 4.79 Å². The number of nitrogens with zero attached hydrogens (tertiary/aromatic N) is 2. The Hall–Kier alpha value is -2.28. The van der Waals surface area contributed by atoms with Crippen molar-refractivity contribution in [3.63, 3.8) is 0 Å². The number of rotatable bonds is 3. The molecule has 0 bridgehead atoms. The van der Waals surface area contributed by atoms with Gasteiger partial charge in [-0.15, -0.1) is 0 Å². The highest BCUT2D eigenvalue weighted by Gasteiger charge is 2.18. The van der Waals surface area contributed by atoms with Gasteiger partial charge in [0.05, 0.1) is 5.69 Å². The second-order valence-corrected chi connectivity index (χ2v) is 6.10. The molecule has 1 aromatic carbocycles. The number of thiazole rings is 1. The molecule has 6 nitrogen and oxygen atoms in total. The van der Waals surface area contributed by atoms with Crippen LogP contribution in [0.1, 0.15) is 15.4 Å². The molecule has 0 aliphatic carbocycles. The van der Waals surface area contributed by atoms with Crippen LogP contribution in [0.25, 0.3) is 0 Å². The Labute approximate surface area is 132 Å². The monoisotopic (exact) mass is 319 g/mol. The van der Waals surface area contributed by atoms with Crippen LogP contribution in [-0.4, -0.2) is 38.2 Å². The van der Waals surface area contributed by atoms with Gasteiger partial charge in [0.1, 0.15) is 18.1 Å². The Morgan fingerprint density at radius 2 is 2.00 bits per heavy atom. The minimum atomic E-state index is -0.167. The lowest BCUT2D eigenvalue weighted by molar-refractivity contribution is 0.102. The predicted octanol–water partition coefficient (Wildman–Crippen LogP) is 2.54. The Balaban J connectivity index is 1.79. The van der Waals surface area contributed by atoms with Gasteiger partial charge >= 0.3 is 0 Å². The average molecular weight is 319 g/mol. The fourth-order valence-corrected chi connectivity index (χ4v) is 2.98. The summed E-state index contributed by atoms with van der Waals surface area (Å²) in [6.07, 6.45) is 0. The standard InChI is InChI=1S/C15H17N3O3S/c1-9-13(22-15(16-9)18(2)3)14(19)17-10-4-5-11-12(8-10)21-7-6-20-11/h4-5,8H,6-7H2,1-3H3,(H,17,19). The molecule has 1 aromatic heterocycles. The first kappa shape index (κ1) is 14.6. The number of aryl methyl sites for hydroxylation is 1. The van der Waals surface area contributed by atoms with Crippen molar-refractivity contribution >= 4 is 28.1 Å². The van der Waals surface area contributed by atoms with E-state index in [1.807, 2.05) is 25.9 Å². The minimum Gasteiger partial charge on any atom is -0.486 e. The number of aromatic nitrogens is 1. The van der Waals surface area contributed by atoms with E-state index in [1.54, 1.807) is 18.2 Å². The van der Waals surface area contributed by atoms with E-state index in [2.05, 4.69) is 10.3 Å². The Morgan fingerprint density at radius 1 is 1.27 bits per heavy atom. The largest absolute Gasteiger partial charge is 0.486 e. The van der Waals surface area contributed by atoms with E-state index >= 15 is 0 Å². The highest BCUT2D eigenvalue weighted by Crippen LogP contribution is 2.33. The van der Waals surface area contributed by atoms with Gasteiger partial charge < -0.3 is 19.7 Å². The average Bonchev–Trinajstić information content (AvgIpc) is 2.89. The lowest BCUT2D eigenvalue weighted by atomic mass is 10.2. The predicted molar refractivity (Wildman–Crippen MR) is 86.6 cm³/mol. The molecule has 0 fully saturated rings. The third-order valence-electron chi connectivity index (χ3n) is 3.17. The lowest BCUT2D eigenvalue weighted by Crippen LogP contribution is -2.16. The van der Waals surface area contributed by atoms with Gasteiger partial charge in [-0.1, -0.05) is 11.3 Å². The van der Waals surface area contributed by atoms with Crippen molar-refractivity contribution in [3.05, 3.63) is 28.8 Å². The molecule has 0 saturated heterocycles. The molecule has 1 N–H and O–H groups in total. The maximum absolute atomic E-state index is 12.4. The zero-order valence-corrected chi connectivity index (χ0v) is 13.5. The molecular weight excluding hydrogens is 302 g/mol. The fourth-order valence-electron chi connectivity index (χ4n) is 2.09. The quantitative estimate of drug-likeness (QED) is 0.942. The molecule has 1 amide bonds. The molecule has 1 aliphatic heterocycles. The molecule has 0 saturated carbocycles. The first-order valence-corrected chi connectivity index (χ1v) is 7.72. The summed E-state index contributed by atoms with van der Waals surface area (Å²) >= 11 is 1.37. The number of anilines is 2. The Bertz CT molecular complexity index is 712. The van der Waals surface area contributed by atoms with Crippen molar-refractivity contribution in [1.29, 1.82) is 0 Å². The third-order valence-corrected chi connectivity index (χ3v) is 4.50. The van der Waals surface area contributed by atoms with Gasteiger partial charge in [0.15, 0.2) is 16.6 Å². The zero-order valence-electron chi connectivity index (χ0n) is 12.7. The highest BCUT2D eigenvalue weighted by atomic mass is 32.1. The molecule has 7 heteroatoms. The molecule has 2 aromatic rings. The normalized spacial score (nSPS) is 12.9.